The van der Waals surface area contributed by atoms with Gasteiger partial charge in [0, 0.05) is 26.4 Å². The van der Waals surface area contributed by atoms with E-state index in [4.69, 9.17) is 10.5 Å². The average molecular weight is 238 g/mol. The van der Waals surface area contributed by atoms with Gasteiger partial charge in [-0.15, -0.1) is 0 Å². The molecule has 17 heavy (non-hydrogen) atoms. The normalized spacial score (nSPS) is 19.3. The Hall–Kier alpha value is -1.40. The zero-order valence-electron chi connectivity index (χ0n) is 9.96. The third-order valence-corrected chi connectivity index (χ3v) is 3.34. The van der Waals surface area contributed by atoms with Crippen LogP contribution in [0.3, 0.4) is 0 Å². The van der Waals surface area contributed by atoms with Crippen molar-refractivity contribution in [2.45, 2.75) is 18.4 Å². The predicted molar refractivity (Wildman–Crippen MR) is 64.7 cm³/mol. The van der Waals surface area contributed by atoms with E-state index in [0.717, 1.165) is 25.9 Å². The lowest BCUT2D eigenvalue weighted by atomic mass is 9.92. The van der Waals surface area contributed by atoms with Gasteiger partial charge in [-0.2, -0.15) is 4.98 Å². The van der Waals surface area contributed by atoms with Gasteiger partial charge in [0.05, 0.1) is 12.2 Å². The number of aromatic nitrogens is 2. The Labute approximate surface area is 100 Å². The van der Waals surface area contributed by atoms with E-state index in [9.17, 15) is 5.11 Å². The monoisotopic (exact) mass is 238 g/mol. The molecule has 3 N–H and O–H groups in total. The van der Waals surface area contributed by atoms with E-state index in [0.29, 0.717) is 11.8 Å². The average Bonchev–Trinajstić information content (AvgIpc) is 2.39. The van der Waals surface area contributed by atoms with E-state index in [1.165, 1.54) is 0 Å². The van der Waals surface area contributed by atoms with Crippen LogP contribution < -0.4 is 10.6 Å². The molecule has 0 unspecified atom stereocenters. The molecule has 0 saturated carbocycles. The van der Waals surface area contributed by atoms with Gasteiger partial charge in [0.2, 0.25) is 5.95 Å². The molecule has 0 spiro atoms. The number of hydrogen-bond acceptors (Lipinski definition) is 6. The number of nitrogen functional groups attached to an aromatic ring is 1. The lowest BCUT2D eigenvalue weighted by Crippen LogP contribution is -2.48. The summed E-state index contributed by atoms with van der Waals surface area (Å²) in [5.74, 6) is 1.12. The topological polar surface area (TPSA) is 84.5 Å². The molecular weight excluding hydrogens is 220 g/mol. The Kier molecular flexibility index (Phi) is 3.44. The standard InChI is InChI=1S/C11H18N4O2/c1-17-11(8-16)3-6-15(7-4-11)10-13-5-2-9(12)14-10/h2,5,16H,3-4,6-8H2,1H3,(H2,12,13,14). The molecule has 1 fully saturated rings. The Morgan fingerprint density at radius 2 is 2.24 bits per heavy atom. The van der Waals surface area contributed by atoms with Crippen LogP contribution in [0.4, 0.5) is 11.8 Å². The fourth-order valence-electron chi connectivity index (χ4n) is 2.06. The van der Waals surface area contributed by atoms with E-state index in [2.05, 4.69) is 14.9 Å². The number of anilines is 2. The summed E-state index contributed by atoms with van der Waals surface area (Å²) in [6.07, 6.45) is 3.18. The largest absolute Gasteiger partial charge is 0.393 e. The minimum Gasteiger partial charge on any atom is -0.393 e. The summed E-state index contributed by atoms with van der Waals surface area (Å²) in [5, 5.41) is 9.35. The van der Waals surface area contributed by atoms with Crippen molar-refractivity contribution in [3.8, 4) is 0 Å². The number of nitrogens with two attached hydrogens (primary N) is 1. The molecule has 1 aliphatic rings. The van der Waals surface area contributed by atoms with E-state index < -0.39 is 5.60 Å². The molecule has 2 rings (SSSR count). The van der Waals surface area contributed by atoms with Crippen molar-refractivity contribution in [3.05, 3.63) is 12.3 Å². The second-order valence-electron chi connectivity index (χ2n) is 4.31. The highest BCUT2D eigenvalue weighted by Gasteiger charge is 2.34. The first-order valence-electron chi connectivity index (χ1n) is 5.69. The van der Waals surface area contributed by atoms with Crippen molar-refractivity contribution in [3.63, 3.8) is 0 Å². The third-order valence-electron chi connectivity index (χ3n) is 3.34. The molecule has 0 atom stereocenters. The zero-order valence-corrected chi connectivity index (χ0v) is 9.96. The van der Waals surface area contributed by atoms with Crippen LogP contribution in [0.15, 0.2) is 12.3 Å². The maximum Gasteiger partial charge on any atom is 0.227 e. The minimum atomic E-state index is -0.406. The fourth-order valence-corrected chi connectivity index (χ4v) is 2.06. The van der Waals surface area contributed by atoms with Crippen LogP contribution in [0.2, 0.25) is 0 Å². The number of rotatable bonds is 3. The molecule has 1 aromatic heterocycles. The summed E-state index contributed by atoms with van der Waals surface area (Å²) in [4.78, 5) is 10.4. The van der Waals surface area contributed by atoms with Gasteiger partial charge in [0.15, 0.2) is 0 Å². The minimum absolute atomic E-state index is 0.0507. The molecule has 6 nitrogen and oxygen atoms in total. The highest BCUT2D eigenvalue weighted by atomic mass is 16.5. The van der Waals surface area contributed by atoms with Gasteiger partial charge in [0.1, 0.15) is 5.82 Å². The molecule has 0 amide bonds. The number of methoxy groups -OCH3 is 1. The quantitative estimate of drug-likeness (QED) is 0.773. The van der Waals surface area contributed by atoms with Gasteiger partial charge >= 0.3 is 0 Å². The van der Waals surface area contributed by atoms with Crippen LogP contribution in [-0.4, -0.2) is 47.5 Å². The number of aliphatic hydroxyl groups is 1. The number of nitrogens with zero attached hydrogens (tertiary/aromatic N) is 3. The van der Waals surface area contributed by atoms with Crippen molar-refractivity contribution in [2.24, 2.45) is 0 Å². The maximum atomic E-state index is 9.35. The SMILES string of the molecule is COC1(CO)CCN(c2nccc(N)n2)CC1. The van der Waals surface area contributed by atoms with Gasteiger partial charge in [-0.25, -0.2) is 4.98 Å². The summed E-state index contributed by atoms with van der Waals surface area (Å²) in [7, 11) is 1.64. The molecule has 1 aromatic rings. The summed E-state index contributed by atoms with van der Waals surface area (Å²) < 4.78 is 5.39. The van der Waals surface area contributed by atoms with Crippen molar-refractivity contribution in [1.29, 1.82) is 0 Å². The van der Waals surface area contributed by atoms with E-state index in [1.807, 2.05) is 0 Å². The molecule has 0 bridgehead atoms. The first-order chi connectivity index (χ1) is 8.19. The summed E-state index contributed by atoms with van der Waals surface area (Å²) >= 11 is 0. The molecule has 0 aliphatic carbocycles. The Balaban J connectivity index is 2.04. The molecule has 1 saturated heterocycles. The van der Waals surface area contributed by atoms with Crippen molar-refractivity contribution >= 4 is 11.8 Å². The van der Waals surface area contributed by atoms with Crippen molar-refractivity contribution in [1.82, 2.24) is 9.97 Å². The highest BCUT2D eigenvalue weighted by molar-refractivity contribution is 5.38. The van der Waals surface area contributed by atoms with E-state index in [-0.39, 0.29) is 6.61 Å². The summed E-state index contributed by atoms with van der Waals surface area (Å²) in [5.41, 5.74) is 5.22. The van der Waals surface area contributed by atoms with Crippen LogP contribution in [0.1, 0.15) is 12.8 Å². The Morgan fingerprint density at radius 3 is 2.76 bits per heavy atom. The van der Waals surface area contributed by atoms with Crippen molar-refractivity contribution in [2.75, 3.05) is 37.4 Å². The second kappa shape index (κ2) is 4.85. The molecule has 6 heteroatoms. The lowest BCUT2D eigenvalue weighted by Gasteiger charge is -2.39. The Bertz CT molecular complexity index is 371. The highest BCUT2D eigenvalue weighted by Crippen LogP contribution is 2.27. The number of hydrogen-bond donors (Lipinski definition) is 2. The maximum absolute atomic E-state index is 9.35. The molecule has 2 heterocycles. The van der Waals surface area contributed by atoms with E-state index in [1.54, 1.807) is 19.4 Å². The van der Waals surface area contributed by atoms with Crippen LogP contribution in [0.25, 0.3) is 0 Å². The molecule has 0 aromatic carbocycles. The summed E-state index contributed by atoms with van der Waals surface area (Å²) in [6.45, 7) is 1.57. The van der Waals surface area contributed by atoms with Crippen molar-refractivity contribution < 1.29 is 9.84 Å². The first kappa shape index (κ1) is 12.1. The van der Waals surface area contributed by atoms with Crippen LogP contribution in [0.5, 0.6) is 0 Å². The number of ether oxygens (including phenoxy) is 1. The predicted octanol–water partition coefficient (Wildman–Crippen LogP) is 0.0365. The molecule has 1 aliphatic heterocycles. The molecular formula is C11H18N4O2. The van der Waals surface area contributed by atoms with Gasteiger partial charge in [-0.1, -0.05) is 0 Å². The zero-order chi connectivity index (χ0) is 12.3. The van der Waals surface area contributed by atoms with E-state index >= 15 is 0 Å². The third kappa shape index (κ3) is 2.48. The van der Waals surface area contributed by atoms with Gasteiger partial charge in [0.25, 0.3) is 0 Å². The molecule has 94 valence electrons. The van der Waals surface area contributed by atoms with Gasteiger partial charge in [-0.3, -0.25) is 0 Å². The lowest BCUT2D eigenvalue weighted by molar-refractivity contribution is -0.0674. The fraction of sp³-hybridized carbons (Fsp3) is 0.636. The van der Waals surface area contributed by atoms with Crippen LogP contribution in [-0.2, 0) is 4.74 Å². The second-order valence-corrected chi connectivity index (χ2v) is 4.31. The number of piperidine rings is 1. The van der Waals surface area contributed by atoms with Gasteiger partial charge < -0.3 is 20.5 Å². The number of aliphatic hydroxyl groups excluding tert-OH is 1. The Morgan fingerprint density at radius 1 is 1.53 bits per heavy atom. The smallest absolute Gasteiger partial charge is 0.227 e. The molecule has 0 radical (unpaired) electrons. The first-order valence-corrected chi connectivity index (χ1v) is 5.69. The van der Waals surface area contributed by atoms with Gasteiger partial charge in [-0.05, 0) is 18.9 Å². The van der Waals surface area contributed by atoms with Crippen LogP contribution in [0, 0.1) is 0 Å². The van der Waals surface area contributed by atoms with Crippen LogP contribution >= 0.6 is 0 Å². The summed E-state index contributed by atoms with van der Waals surface area (Å²) in [6, 6.07) is 1.67.